The first kappa shape index (κ1) is 15.6. The molecule has 0 heterocycles. The van der Waals surface area contributed by atoms with Gasteiger partial charge in [0.1, 0.15) is 0 Å². The highest BCUT2D eigenvalue weighted by molar-refractivity contribution is 5.26. The van der Waals surface area contributed by atoms with Crippen LogP contribution in [0.5, 0.6) is 0 Å². The van der Waals surface area contributed by atoms with E-state index in [2.05, 4.69) is 57.3 Å². The summed E-state index contributed by atoms with van der Waals surface area (Å²) in [6.45, 7) is 10.3. The third kappa shape index (κ3) is 4.09. The van der Waals surface area contributed by atoms with Crippen molar-refractivity contribution in [1.29, 1.82) is 0 Å². The standard InChI is InChI=1S/C19H31N/c1-5-16-7-10-17(11-8-16)19-12-15(4)6-9-18(19)13-20-14(2)3/h7-8,10-11,14-15,18-20H,5-6,9,12-13H2,1-4H3. The van der Waals surface area contributed by atoms with Gasteiger partial charge in [-0.3, -0.25) is 0 Å². The molecule has 1 fully saturated rings. The summed E-state index contributed by atoms with van der Waals surface area (Å²) in [5.74, 6) is 2.43. The summed E-state index contributed by atoms with van der Waals surface area (Å²) in [5.41, 5.74) is 3.01. The second-order valence-electron chi connectivity index (χ2n) is 6.94. The van der Waals surface area contributed by atoms with Crippen molar-refractivity contribution in [3.63, 3.8) is 0 Å². The summed E-state index contributed by atoms with van der Waals surface area (Å²) in [4.78, 5) is 0. The Morgan fingerprint density at radius 1 is 1.15 bits per heavy atom. The van der Waals surface area contributed by atoms with Gasteiger partial charge >= 0.3 is 0 Å². The lowest BCUT2D eigenvalue weighted by Gasteiger charge is -2.36. The summed E-state index contributed by atoms with van der Waals surface area (Å²) in [6, 6.07) is 9.99. The van der Waals surface area contributed by atoms with Crippen LogP contribution in [-0.2, 0) is 6.42 Å². The number of benzene rings is 1. The van der Waals surface area contributed by atoms with Crippen molar-refractivity contribution in [3.8, 4) is 0 Å². The van der Waals surface area contributed by atoms with Crippen molar-refractivity contribution < 1.29 is 0 Å². The SMILES string of the molecule is CCc1ccc(C2CC(C)CCC2CNC(C)C)cc1. The number of aryl methyl sites for hydroxylation is 1. The molecule has 3 atom stereocenters. The second kappa shape index (κ2) is 7.26. The van der Waals surface area contributed by atoms with Crippen LogP contribution in [0.3, 0.4) is 0 Å². The van der Waals surface area contributed by atoms with Gasteiger partial charge in [0.05, 0.1) is 0 Å². The average Bonchev–Trinajstić information content (AvgIpc) is 2.46. The average molecular weight is 273 g/mol. The normalized spacial score (nSPS) is 26.9. The number of rotatable bonds is 5. The fourth-order valence-electron chi connectivity index (χ4n) is 3.48. The molecule has 1 nitrogen and oxygen atoms in total. The van der Waals surface area contributed by atoms with Gasteiger partial charge in [0.2, 0.25) is 0 Å². The number of hydrogen-bond acceptors (Lipinski definition) is 1. The molecule has 0 amide bonds. The lowest BCUT2D eigenvalue weighted by atomic mass is 9.71. The van der Waals surface area contributed by atoms with Crippen LogP contribution in [0.2, 0.25) is 0 Å². The molecule has 0 aromatic heterocycles. The van der Waals surface area contributed by atoms with E-state index in [9.17, 15) is 0 Å². The Labute approximate surface area is 125 Å². The van der Waals surface area contributed by atoms with Gasteiger partial charge in [-0.15, -0.1) is 0 Å². The van der Waals surface area contributed by atoms with E-state index in [1.165, 1.54) is 31.4 Å². The summed E-state index contributed by atoms with van der Waals surface area (Å²) in [6.07, 6.45) is 5.27. The molecule has 112 valence electrons. The Kier molecular flexibility index (Phi) is 5.65. The Balaban J connectivity index is 2.09. The Morgan fingerprint density at radius 3 is 2.45 bits per heavy atom. The van der Waals surface area contributed by atoms with Crippen LogP contribution in [0, 0.1) is 11.8 Å². The minimum atomic E-state index is 0.595. The Morgan fingerprint density at radius 2 is 1.85 bits per heavy atom. The maximum absolute atomic E-state index is 3.65. The third-order valence-electron chi connectivity index (χ3n) is 4.86. The summed E-state index contributed by atoms with van der Waals surface area (Å²) < 4.78 is 0. The van der Waals surface area contributed by atoms with Crippen molar-refractivity contribution in [2.75, 3.05) is 6.54 Å². The lowest BCUT2D eigenvalue weighted by molar-refractivity contribution is 0.238. The number of hydrogen-bond donors (Lipinski definition) is 1. The van der Waals surface area contributed by atoms with Gasteiger partial charge in [-0.05, 0) is 54.7 Å². The molecule has 0 saturated heterocycles. The quantitative estimate of drug-likeness (QED) is 0.815. The highest BCUT2D eigenvalue weighted by Gasteiger charge is 2.29. The monoisotopic (exact) mass is 273 g/mol. The van der Waals surface area contributed by atoms with Gasteiger partial charge in [-0.25, -0.2) is 0 Å². The van der Waals surface area contributed by atoms with Crippen LogP contribution in [0.15, 0.2) is 24.3 Å². The Bertz CT molecular complexity index is 393. The molecular weight excluding hydrogens is 242 g/mol. The molecule has 0 spiro atoms. The lowest BCUT2D eigenvalue weighted by Crippen LogP contribution is -2.34. The molecule has 3 unspecified atom stereocenters. The zero-order chi connectivity index (χ0) is 14.5. The van der Waals surface area contributed by atoms with Gasteiger partial charge in [0.25, 0.3) is 0 Å². The predicted molar refractivity (Wildman–Crippen MR) is 88.2 cm³/mol. The topological polar surface area (TPSA) is 12.0 Å². The van der Waals surface area contributed by atoms with E-state index < -0.39 is 0 Å². The van der Waals surface area contributed by atoms with Gasteiger partial charge in [-0.1, -0.05) is 58.4 Å². The van der Waals surface area contributed by atoms with Crippen LogP contribution in [-0.4, -0.2) is 12.6 Å². The van der Waals surface area contributed by atoms with Crippen LogP contribution < -0.4 is 5.32 Å². The summed E-state index contributed by atoms with van der Waals surface area (Å²) in [5, 5.41) is 3.65. The van der Waals surface area contributed by atoms with Gasteiger partial charge in [0, 0.05) is 6.04 Å². The molecule has 1 heteroatoms. The molecule has 0 aliphatic heterocycles. The van der Waals surface area contributed by atoms with Crippen LogP contribution in [0.1, 0.15) is 64.0 Å². The first-order valence-corrected chi connectivity index (χ1v) is 8.42. The van der Waals surface area contributed by atoms with Crippen molar-refractivity contribution in [3.05, 3.63) is 35.4 Å². The zero-order valence-corrected chi connectivity index (χ0v) is 13.7. The fraction of sp³-hybridized carbons (Fsp3) is 0.684. The smallest absolute Gasteiger partial charge is 0.00104 e. The van der Waals surface area contributed by atoms with E-state index in [1.54, 1.807) is 5.56 Å². The van der Waals surface area contributed by atoms with E-state index in [0.717, 1.165) is 24.2 Å². The van der Waals surface area contributed by atoms with Gasteiger partial charge in [0.15, 0.2) is 0 Å². The highest BCUT2D eigenvalue weighted by atomic mass is 14.9. The van der Waals surface area contributed by atoms with Crippen molar-refractivity contribution in [2.24, 2.45) is 11.8 Å². The molecule has 0 radical (unpaired) electrons. The van der Waals surface area contributed by atoms with E-state index in [1.807, 2.05) is 0 Å². The molecule has 1 aliphatic rings. The highest BCUT2D eigenvalue weighted by Crippen LogP contribution is 2.40. The van der Waals surface area contributed by atoms with Gasteiger partial charge < -0.3 is 5.32 Å². The molecule has 1 aromatic rings. The molecule has 2 rings (SSSR count). The molecule has 1 N–H and O–H groups in total. The minimum absolute atomic E-state index is 0.595. The largest absolute Gasteiger partial charge is 0.314 e. The van der Waals surface area contributed by atoms with Gasteiger partial charge in [-0.2, -0.15) is 0 Å². The first-order chi connectivity index (χ1) is 9.60. The molecular formula is C19H31N. The van der Waals surface area contributed by atoms with E-state index >= 15 is 0 Å². The van der Waals surface area contributed by atoms with E-state index in [0.29, 0.717) is 6.04 Å². The predicted octanol–water partition coefficient (Wildman–Crippen LogP) is 4.77. The first-order valence-electron chi connectivity index (χ1n) is 8.42. The van der Waals surface area contributed by atoms with E-state index in [-0.39, 0.29) is 0 Å². The molecule has 1 saturated carbocycles. The summed E-state index contributed by atoms with van der Waals surface area (Å²) in [7, 11) is 0. The molecule has 1 aromatic carbocycles. The Hall–Kier alpha value is -0.820. The summed E-state index contributed by atoms with van der Waals surface area (Å²) >= 11 is 0. The molecule has 20 heavy (non-hydrogen) atoms. The third-order valence-corrected chi connectivity index (χ3v) is 4.86. The minimum Gasteiger partial charge on any atom is -0.314 e. The molecule has 1 aliphatic carbocycles. The van der Waals surface area contributed by atoms with Crippen molar-refractivity contribution in [2.45, 2.75) is 65.3 Å². The maximum Gasteiger partial charge on any atom is 0.00104 e. The fourth-order valence-corrected chi connectivity index (χ4v) is 3.48. The second-order valence-corrected chi connectivity index (χ2v) is 6.94. The maximum atomic E-state index is 3.65. The van der Waals surface area contributed by atoms with Crippen LogP contribution in [0.4, 0.5) is 0 Å². The van der Waals surface area contributed by atoms with Crippen molar-refractivity contribution >= 4 is 0 Å². The van der Waals surface area contributed by atoms with Crippen LogP contribution in [0.25, 0.3) is 0 Å². The molecule has 0 bridgehead atoms. The zero-order valence-electron chi connectivity index (χ0n) is 13.7. The van der Waals surface area contributed by atoms with Crippen LogP contribution >= 0.6 is 0 Å². The number of nitrogens with one attached hydrogen (secondary N) is 1. The van der Waals surface area contributed by atoms with Crippen molar-refractivity contribution in [1.82, 2.24) is 5.32 Å². The van der Waals surface area contributed by atoms with E-state index in [4.69, 9.17) is 0 Å².